The molecule has 152 valence electrons. The Kier molecular flexibility index (Phi) is 7.16. The fraction of sp³-hybridized carbons (Fsp3) is 0.471. The average molecular weight is 393 g/mol. The molecule has 0 unspecified atom stereocenters. The van der Waals surface area contributed by atoms with Crippen LogP contribution >= 0.6 is 0 Å². The maximum Gasteiger partial charge on any atom is 0.673 e. The molecule has 1 saturated heterocycles. The highest BCUT2D eigenvalue weighted by atomic mass is 19.5. The summed E-state index contributed by atoms with van der Waals surface area (Å²) in [4.78, 5) is 3.16. The zero-order valence-electron chi connectivity index (χ0n) is 16.1. The number of allylic oxidation sites excluding steroid dienone is 1. The fourth-order valence-electron chi connectivity index (χ4n) is 1.97. The lowest BCUT2D eigenvalue weighted by Gasteiger charge is -2.28. The van der Waals surface area contributed by atoms with Gasteiger partial charge in [-0.25, -0.2) is 4.99 Å². The summed E-state index contributed by atoms with van der Waals surface area (Å²) >= 11 is 0. The molecule has 0 aromatic heterocycles. The number of benzene rings is 1. The van der Waals surface area contributed by atoms with E-state index in [-0.39, 0.29) is 11.2 Å². The summed E-state index contributed by atoms with van der Waals surface area (Å²) in [6.45, 7) is 8.04. The van der Waals surface area contributed by atoms with Gasteiger partial charge in [-0.05, 0) is 33.8 Å². The zero-order chi connectivity index (χ0) is 20.9. The van der Waals surface area contributed by atoms with Gasteiger partial charge in [-0.15, -0.1) is 0 Å². The van der Waals surface area contributed by atoms with Gasteiger partial charge in [0.1, 0.15) is 11.2 Å². The van der Waals surface area contributed by atoms with Gasteiger partial charge in [0.15, 0.2) is 17.7 Å². The van der Waals surface area contributed by atoms with Gasteiger partial charge in [-0.2, -0.15) is 0 Å². The van der Waals surface area contributed by atoms with Gasteiger partial charge in [-0.1, -0.05) is 0 Å². The second-order valence-corrected chi connectivity index (χ2v) is 6.59. The van der Waals surface area contributed by atoms with Crippen molar-refractivity contribution in [2.45, 2.75) is 38.9 Å². The van der Waals surface area contributed by atoms with Crippen LogP contribution in [0, 0.1) is 0 Å². The molecule has 1 heterocycles. The maximum absolute atomic E-state index is 9.75. The van der Waals surface area contributed by atoms with E-state index in [2.05, 4.69) is 4.99 Å². The van der Waals surface area contributed by atoms with E-state index in [1.54, 1.807) is 26.5 Å². The Morgan fingerprint density at radius 3 is 1.85 bits per heavy atom. The van der Waals surface area contributed by atoms with Crippen molar-refractivity contribution in [3.8, 4) is 11.5 Å². The highest BCUT2D eigenvalue weighted by Crippen LogP contribution is 2.39. The maximum atomic E-state index is 9.75. The number of hydrogen-bond acceptors (Lipinski definition) is 4. The highest BCUT2D eigenvalue weighted by Gasteiger charge is 2.48. The first kappa shape index (κ1) is 22.7. The number of methoxy groups -OCH3 is 2. The Morgan fingerprint density at radius 2 is 1.41 bits per heavy atom. The van der Waals surface area contributed by atoms with Crippen LogP contribution in [-0.4, -0.2) is 38.9 Å². The van der Waals surface area contributed by atoms with Crippen LogP contribution in [0.2, 0.25) is 0 Å². The first-order valence-electron chi connectivity index (χ1n) is 8.06. The predicted molar refractivity (Wildman–Crippen MR) is 94.8 cm³/mol. The van der Waals surface area contributed by atoms with Crippen molar-refractivity contribution in [3.63, 3.8) is 0 Å². The molecule has 1 aliphatic rings. The molecule has 1 fully saturated rings. The standard InChI is InChI=1S/C17H23NO4.BF4/c1-16(2)17(3,4)22-15(21-16)9-10-18-12-7-8-13(19-5)14(11-12)20-6;2-1(3,4)5/h7-11H,1-6H3;/q;-1/p+1. The molecule has 2 rings (SSSR count). The molecule has 0 radical (unpaired) electrons. The lowest BCUT2D eigenvalue weighted by Crippen LogP contribution is -2.61. The third-order valence-corrected chi connectivity index (χ3v) is 4.01. The van der Waals surface area contributed by atoms with Crippen molar-refractivity contribution < 1.29 is 41.2 Å². The summed E-state index contributed by atoms with van der Waals surface area (Å²) in [6.07, 6.45) is 3.54. The molecule has 0 bridgehead atoms. The van der Waals surface area contributed by atoms with Crippen molar-refractivity contribution >= 4 is 19.2 Å². The first-order chi connectivity index (χ1) is 12.3. The molecule has 0 spiro atoms. The normalized spacial score (nSPS) is 17.5. The van der Waals surface area contributed by atoms with Crippen LogP contribution in [0.5, 0.6) is 11.5 Å². The van der Waals surface area contributed by atoms with Crippen molar-refractivity contribution in [1.82, 2.24) is 0 Å². The lowest BCUT2D eigenvalue weighted by molar-refractivity contribution is -0.346. The van der Waals surface area contributed by atoms with E-state index < -0.39 is 7.25 Å². The molecule has 1 aromatic rings. The molecule has 5 nitrogen and oxygen atoms in total. The van der Waals surface area contributed by atoms with Gasteiger partial charge in [0.05, 0.1) is 26.4 Å². The fourth-order valence-corrected chi connectivity index (χ4v) is 1.97. The number of nitrogens with one attached hydrogen (secondary N) is 1. The second kappa shape index (κ2) is 8.54. The zero-order valence-corrected chi connectivity index (χ0v) is 16.1. The molecule has 0 aliphatic carbocycles. The smallest absolute Gasteiger partial charge is 0.493 e. The summed E-state index contributed by atoms with van der Waals surface area (Å²) in [5.41, 5.74) is 0.150. The lowest BCUT2D eigenvalue weighted by atomic mass is 9.90. The van der Waals surface area contributed by atoms with Gasteiger partial charge in [0.25, 0.3) is 5.95 Å². The number of halogens is 4. The summed E-state index contributed by atoms with van der Waals surface area (Å²) in [5.74, 6) is 1.87. The van der Waals surface area contributed by atoms with Crippen LogP contribution in [0.4, 0.5) is 23.0 Å². The summed E-state index contributed by atoms with van der Waals surface area (Å²) < 4.78 is 61.1. The Labute approximate surface area is 156 Å². The van der Waals surface area contributed by atoms with Crippen LogP contribution < -0.4 is 14.5 Å². The molecule has 0 atom stereocenters. The van der Waals surface area contributed by atoms with Crippen molar-refractivity contribution in [3.05, 3.63) is 30.2 Å². The van der Waals surface area contributed by atoms with Crippen molar-refractivity contribution in [2.75, 3.05) is 14.2 Å². The molecule has 1 aliphatic heterocycles. The van der Waals surface area contributed by atoms with Crippen LogP contribution in [0.1, 0.15) is 27.7 Å². The van der Waals surface area contributed by atoms with Crippen LogP contribution in [0.3, 0.4) is 0 Å². The van der Waals surface area contributed by atoms with Gasteiger partial charge < -0.3 is 36.2 Å². The van der Waals surface area contributed by atoms with E-state index in [4.69, 9.17) is 18.9 Å². The third-order valence-electron chi connectivity index (χ3n) is 4.01. The van der Waals surface area contributed by atoms with Gasteiger partial charge in [0.2, 0.25) is 5.69 Å². The van der Waals surface area contributed by atoms with Gasteiger partial charge in [0, 0.05) is 6.07 Å². The minimum atomic E-state index is -6.00. The van der Waals surface area contributed by atoms with Crippen LogP contribution in [-0.2, 0) is 9.47 Å². The molecule has 0 saturated carbocycles. The molecule has 27 heavy (non-hydrogen) atoms. The molecule has 10 heteroatoms. The Bertz CT molecular complexity index is 679. The Balaban J connectivity index is 0.000000646. The van der Waals surface area contributed by atoms with E-state index in [1.807, 2.05) is 45.9 Å². The van der Waals surface area contributed by atoms with E-state index in [1.165, 1.54) is 0 Å². The average Bonchev–Trinajstić information content (AvgIpc) is 2.72. The second-order valence-electron chi connectivity index (χ2n) is 6.59. The molecule has 1 aromatic carbocycles. The molecule has 1 N–H and O–H groups in total. The summed E-state index contributed by atoms with van der Waals surface area (Å²) in [6, 6.07) is 5.61. The van der Waals surface area contributed by atoms with Crippen LogP contribution in [0.15, 0.2) is 30.2 Å². The quantitative estimate of drug-likeness (QED) is 0.485. The largest absolute Gasteiger partial charge is 0.673 e. The van der Waals surface area contributed by atoms with E-state index in [9.17, 15) is 17.3 Å². The Morgan fingerprint density at radius 1 is 0.926 bits per heavy atom. The molecular weight excluding hydrogens is 369 g/mol. The van der Waals surface area contributed by atoms with Gasteiger partial charge in [-0.3, -0.25) is 0 Å². The summed E-state index contributed by atoms with van der Waals surface area (Å²) in [5, 5.41) is 0. The number of rotatable bonds is 4. The van der Waals surface area contributed by atoms with Crippen molar-refractivity contribution in [1.29, 1.82) is 0 Å². The minimum absolute atomic E-state index is 0.365. The number of hydrogen-bond donors (Lipinski definition) is 1. The Hall–Kier alpha value is -2.39. The van der Waals surface area contributed by atoms with E-state index in [0.717, 1.165) is 5.69 Å². The van der Waals surface area contributed by atoms with E-state index >= 15 is 0 Å². The SMILES string of the molecule is COc1ccc([NH+]=CC=C2OC(C)(C)C(C)(C)O2)cc1OC.F[B-](F)(F)F. The van der Waals surface area contributed by atoms with Crippen LogP contribution in [0.25, 0.3) is 0 Å². The topological polar surface area (TPSA) is 50.9 Å². The first-order valence-corrected chi connectivity index (χ1v) is 8.06. The highest BCUT2D eigenvalue weighted by molar-refractivity contribution is 6.50. The monoisotopic (exact) mass is 393 g/mol. The van der Waals surface area contributed by atoms with E-state index in [0.29, 0.717) is 17.4 Å². The van der Waals surface area contributed by atoms with Crippen molar-refractivity contribution in [2.24, 2.45) is 0 Å². The summed E-state index contributed by atoms with van der Waals surface area (Å²) in [7, 11) is -2.78. The minimum Gasteiger partial charge on any atom is -0.493 e. The third kappa shape index (κ3) is 7.03. The predicted octanol–water partition coefficient (Wildman–Crippen LogP) is 3.23. The number of ether oxygens (including phenoxy) is 4. The van der Waals surface area contributed by atoms with Gasteiger partial charge >= 0.3 is 7.25 Å². The molecule has 0 amide bonds. The molecular formula is C17H24BF4NO4.